The molecule has 0 atom stereocenters. The van der Waals surface area contributed by atoms with E-state index in [0.717, 1.165) is 4.68 Å². The van der Waals surface area contributed by atoms with Crippen LogP contribution in [0.4, 0.5) is 27.8 Å². The van der Waals surface area contributed by atoms with E-state index in [0.29, 0.717) is 11.8 Å². The van der Waals surface area contributed by atoms with Crippen molar-refractivity contribution in [2.45, 2.75) is 12.1 Å². The zero-order valence-corrected chi connectivity index (χ0v) is 9.33. The fraction of sp³-hybridized carbons (Fsp3) is 0.182. The first-order valence-corrected chi connectivity index (χ1v) is 5.09. The molecule has 0 radical (unpaired) electrons. The molecule has 8 heteroatoms. The zero-order chi connectivity index (χ0) is 14.3. The van der Waals surface area contributed by atoms with Crippen molar-refractivity contribution in [3.63, 3.8) is 0 Å². The van der Waals surface area contributed by atoms with E-state index in [-0.39, 0.29) is 5.82 Å². The Hall–Kier alpha value is -2.12. The van der Waals surface area contributed by atoms with Crippen molar-refractivity contribution in [1.82, 2.24) is 9.78 Å². The van der Waals surface area contributed by atoms with Crippen LogP contribution in [0.1, 0.15) is 5.69 Å². The molecule has 0 saturated heterocycles. The fourth-order valence-electron chi connectivity index (χ4n) is 1.47. The van der Waals surface area contributed by atoms with Crippen molar-refractivity contribution in [2.24, 2.45) is 0 Å². The number of nitrogens with two attached hydrogens (primary N) is 1. The molecule has 1 aromatic carbocycles. The van der Waals surface area contributed by atoms with Crippen LogP contribution in [-0.4, -0.2) is 16.0 Å². The summed E-state index contributed by atoms with van der Waals surface area (Å²) >= 11 is 0. The quantitative estimate of drug-likeness (QED) is 0.857. The molecule has 0 amide bonds. The van der Waals surface area contributed by atoms with E-state index in [1.807, 2.05) is 0 Å². The van der Waals surface area contributed by atoms with E-state index in [4.69, 9.17) is 5.73 Å². The maximum Gasteiger partial charge on any atom is 0.459 e. The Balaban J connectivity index is 2.49. The van der Waals surface area contributed by atoms with Gasteiger partial charge in [0.2, 0.25) is 0 Å². The molecule has 102 valence electrons. The molecular formula is C11H8F5N3. The second-order valence-electron chi connectivity index (χ2n) is 3.77. The summed E-state index contributed by atoms with van der Waals surface area (Å²) in [5.41, 5.74) is 4.28. The molecule has 0 bridgehead atoms. The molecule has 1 aromatic heterocycles. The lowest BCUT2D eigenvalue weighted by Crippen LogP contribution is -2.34. The SMILES string of the molecule is Nc1cc(C(F)(F)C(F)(F)F)nn1-c1ccccc1. The number of halogens is 5. The summed E-state index contributed by atoms with van der Waals surface area (Å²) in [5, 5.41) is 3.24. The van der Waals surface area contributed by atoms with Crippen LogP contribution in [0.2, 0.25) is 0 Å². The van der Waals surface area contributed by atoms with Gasteiger partial charge in [-0.1, -0.05) is 18.2 Å². The summed E-state index contributed by atoms with van der Waals surface area (Å²) < 4.78 is 63.7. The largest absolute Gasteiger partial charge is 0.459 e. The highest BCUT2D eigenvalue weighted by Gasteiger charge is 2.60. The molecule has 0 aliphatic rings. The van der Waals surface area contributed by atoms with Crippen LogP contribution in [0.5, 0.6) is 0 Å². The highest BCUT2D eigenvalue weighted by atomic mass is 19.4. The van der Waals surface area contributed by atoms with Crippen LogP contribution >= 0.6 is 0 Å². The topological polar surface area (TPSA) is 43.8 Å². The van der Waals surface area contributed by atoms with Crippen molar-refractivity contribution >= 4 is 5.82 Å². The molecule has 0 aliphatic heterocycles. The fourth-order valence-corrected chi connectivity index (χ4v) is 1.47. The molecular weight excluding hydrogens is 269 g/mol. The van der Waals surface area contributed by atoms with Gasteiger partial charge >= 0.3 is 12.1 Å². The van der Waals surface area contributed by atoms with Gasteiger partial charge in [0.05, 0.1) is 5.69 Å². The second-order valence-corrected chi connectivity index (χ2v) is 3.77. The number of rotatable bonds is 2. The highest BCUT2D eigenvalue weighted by molar-refractivity contribution is 5.43. The molecule has 2 rings (SSSR count). The minimum atomic E-state index is -5.71. The minimum absolute atomic E-state index is 0.296. The van der Waals surface area contributed by atoms with Crippen LogP contribution in [0.3, 0.4) is 0 Å². The number of nitrogen functional groups attached to an aromatic ring is 1. The number of anilines is 1. The number of benzene rings is 1. The van der Waals surface area contributed by atoms with Gasteiger partial charge in [-0.05, 0) is 12.1 Å². The minimum Gasteiger partial charge on any atom is -0.384 e. The van der Waals surface area contributed by atoms with Crippen molar-refractivity contribution in [2.75, 3.05) is 5.73 Å². The number of aromatic nitrogens is 2. The summed E-state index contributed by atoms with van der Waals surface area (Å²) in [6, 6.07) is 8.31. The van der Waals surface area contributed by atoms with E-state index >= 15 is 0 Å². The van der Waals surface area contributed by atoms with Crippen LogP contribution in [0, 0.1) is 0 Å². The number of hydrogen-bond acceptors (Lipinski definition) is 2. The number of hydrogen-bond donors (Lipinski definition) is 1. The predicted octanol–water partition coefficient (Wildman–Crippen LogP) is 3.11. The molecule has 0 unspecified atom stereocenters. The monoisotopic (exact) mass is 277 g/mol. The maximum absolute atomic E-state index is 13.1. The summed E-state index contributed by atoms with van der Waals surface area (Å²) in [6.45, 7) is 0. The Morgan fingerprint density at radius 3 is 2.11 bits per heavy atom. The first kappa shape index (κ1) is 13.3. The van der Waals surface area contributed by atoms with Gasteiger partial charge < -0.3 is 5.73 Å². The summed E-state index contributed by atoms with van der Waals surface area (Å²) in [5.74, 6) is -5.34. The lowest BCUT2D eigenvalue weighted by atomic mass is 10.2. The van der Waals surface area contributed by atoms with Crippen molar-refractivity contribution in [1.29, 1.82) is 0 Å². The molecule has 2 aromatic rings. The van der Waals surface area contributed by atoms with E-state index in [2.05, 4.69) is 5.10 Å². The van der Waals surface area contributed by atoms with E-state index in [1.165, 1.54) is 12.1 Å². The summed E-state index contributed by atoms with van der Waals surface area (Å²) in [4.78, 5) is 0. The van der Waals surface area contributed by atoms with Crippen LogP contribution in [-0.2, 0) is 5.92 Å². The maximum atomic E-state index is 13.1. The van der Waals surface area contributed by atoms with Crippen molar-refractivity contribution < 1.29 is 22.0 Å². The van der Waals surface area contributed by atoms with Crippen molar-refractivity contribution in [3.05, 3.63) is 42.1 Å². The third kappa shape index (κ3) is 2.25. The normalized spacial score (nSPS) is 12.7. The Bertz CT molecular complexity index is 574. The molecule has 3 nitrogen and oxygen atoms in total. The summed E-state index contributed by atoms with van der Waals surface area (Å²) in [6.07, 6.45) is -5.71. The first-order valence-electron chi connectivity index (χ1n) is 5.09. The smallest absolute Gasteiger partial charge is 0.384 e. The molecule has 0 spiro atoms. The van der Waals surface area contributed by atoms with Gasteiger partial charge in [-0.15, -0.1) is 0 Å². The molecule has 1 heterocycles. The lowest BCUT2D eigenvalue weighted by Gasteiger charge is -2.16. The Kier molecular flexibility index (Phi) is 2.95. The molecule has 2 N–H and O–H groups in total. The van der Waals surface area contributed by atoms with Gasteiger partial charge in [0.1, 0.15) is 11.5 Å². The second kappa shape index (κ2) is 4.22. The molecule has 0 aliphatic carbocycles. The number of nitrogens with zero attached hydrogens (tertiary/aromatic N) is 2. The average Bonchev–Trinajstić information content (AvgIpc) is 2.71. The Morgan fingerprint density at radius 2 is 1.58 bits per heavy atom. The number of alkyl halides is 5. The lowest BCUT2D eigenvalue weighted by molar-refractivity contribution is -0.291. The summed E-state index contributed by atoms with van der Waals surface area (Å²) in [7, 11) is 0. The molecule has 0 saturated carbocycles. The van der Waals surface area contributed by atoms with Crippen LogP contribution in [0.25, 0.3) is 5.69 Å². The number of para-hydroxylation sites is 1. The first-order chi connectivity index (χ1) is 8.73. The Morgan fingerprint density at radius 1 is 1.00 bits per heavy atom. The van der Waals surface area contributed by atoms with Crippen molar-refractivity contribution in [3.8, 4) is 5.69 Å². The van der Waals surface area contributed by atoms with E-state index in [1.54, 1.807) is 18.2 Å². The molecule has 0 fully saturated rings. The predicted molar refractivity (Wildman–Crippen MR) is 57.9 cm³/mol. The highest BCUT2D eigenvalue weighted by Crippen LogP contribution is 2.43. The standard InChI is InChI=1S/C11H8F5N3/c12-10(13,11(14,15)16)8-6-9(17)19(18-8)7-4-2-1-3-5-7/h1-6H,17H2. The van der Waals surface area contributed by atoms with Gasteiger partial charge in [0.25, 0.3) is 0 Å². The van der Waals surface area contributed by atoms with E-state index in [9.17, 15) is 22.0 Å². The van der Waals surface area contributed by atoms with E-state index < -0.39 is 17.8 Å². The average molecular weight is 277 g/mol. The third-order valence-electron chi connectivity index (χ3n) is 2.42. The van der Waals surface area contributed by atoms with Gasteiger partial charge in [-0.3, -0.25) is 0 Å². The third-order valence-corrected chi connectivity index (χ3v) is 2.42. The van der Waals surface area contributed by atoms with Gasteiger partial charge in [-0.2, -0.15) is 27.1 Å². The molecule has 19 heavy (non-hydrogen) atoms. The zero-order valence-electron chi connectivity index (χ0n) is 9.33. The Labute approximate surface area is 104 Å². The van der Waals surface area contributed by atoms with Crippen LogP contribution in [0.15, 0.2) is 36.4 Å². The van der Waals surface area contributed by atoms with Gasteiger partial charge in [0.15, 0.2) is 0 Å². The van der Waals surface area contributed by atoms with Gasteiger partial charge in [0, 0.05) is 6.07 Å². The van der Waals surface area contributed by atoms with Crippen LogP contribution < -0.4 is 5.73 Å². The van der Waals surface area contributed by atoms with Gasteiger partial charge in [-0.25, -0.2) is 4.68 Å².